The second-order valence-electron chi connectivity index (χ2n) is 4.78. The summed E-state index contributed by atoms with van der Waals surface area (Å²) < 4.78 is 6.09. The van der Waals surface area contributed by atoms with Crippen LogP contribution in [0, 0.1) is 10.1 Å². The molecule has 0 unspecified atom stereocenters. The molecule has 3 aromatic rings. The Kier molecular flexibility index (Phi) is 3.63. The maximum atomic E-state index is 12.0. The van der Waals surface area contributed by atoms with Gasteiger partial charge >= 0.3 is 5.76 Å². The van der Waals surface area contributed by atoms with Gasteiger partial charge in [-0.1, -0.05) is 18.2 Å². The van der Waals surface area contributed by atoms with Crippen LogP contribution in [0.5, 0.6) is 0 Å². The first kappa shape index (κ1) is 14.5. The lowest BCUT2D eigenvalue weighted by Crippen LogP contribution is -2.24. The number of amides is 1. The first-order valence-corrected chi connectivity index (χ1v) is 6.67. The van der Waals surface area contributed by atoms with Crippen molar-refractivity contribution in [2.45, 2.75) is 6.54 Å². The van der Waals surface area contributed by atoms with Gasteiger partial charge in [-0.2, -0.15) is 0 Å². The molecule has 0 saturated heterocycles. The highest BCUT2D eigenvalue weighted by Gasteiger charge is 2.16. The van der Waals surface area contributed by atoms with Gasteiger partial charge in [0.1, 0.15) is 6.54 Å². The highest BCUT2D eigenvalue weighted by molar-refractivity contribution is 5.91. The molecule has 8 heteroatoms. The van der Waals surface area contributed by atoms with Gasteiger partial charge in [-0.25, -0.2) is 4.79 Å². The van der Waals surface area contributed by atoms with Crippen molar-refractivity contribution >= 4 is 28.4 Å². The van der Waals surface area contributed by atoms with Gasteiger partial charge in [-0.05, 0) is 18.2 Å². The number of rotatable bonds is 4. The largest absolute Gasteiger partial charge is 0.420 e. The number of nitrogens with one attached hydrogen (secondary N) is 1. The molecule has 0 atom stereocenters. The molecule has 1 aromatic heterocycles. The van der Waals surface area contributed by atoms with Crippen molar-refractivity contribution < 1.29 is 14.1 Å². The minimum Gasteiger partial charge on any atom is -0.407 e. The van der Waals surface area contributed by atoms with E-state index in [2.05, 4.69) is 5.32 Å². The van der Waals surface area contributed by atoms with Crippen LogP contribution in [0.25, 0.3) is 11.1 Å². The molecule has 0 aliphatic heterocycles. The number of aromatic nitrogens is 1. The normalized spacial score (nSPS) is 10.6. The number of nitrogens with zero attached hydrogens (tertiary/aromatic N) is 2. The van der Waals surface area contributed by atoms with Crippen molar-refractivity contribution in [1.82, 2.24) is 4.57 Å². The zero-order chi connectivity index (χ0) is 16.4. The third-order valence-electron chi connectivity index (χ3n) is 3.22. The molecule has 2 aromatic carbocycles. The molecular formula is C15H11N3O5. The topological polar surface area (TPSA) is 107 Å². The molecule has 8 nitrogen and oxygen atoms in total. The smallest absolute Gasteiger partial charge is 0.407 e. The van der Waals surface area contributed by atoms with Crippen LogP contribution >= 0.6 is 0 Å². The number of nitro benzene ring substituents is 1. The second-order valence-corrected chi connectivity index (χ2v) is 4.78. The average molecular weight is 313 g/mol. The van der Waals surface area contributed by atoms with E-state index in [0.717, 1.165) is 10.6 Å². The van der Waals surface area contributed by atoms with Crippen LogP contribution in [0.3, 0.4) is 0 Å². The highest BCUT2D eigenvalue weighted by atomic mass is 16.6. The minimum absolute atomic E-state index is 0.0664. The summed E-state index contributed by atoms with van der Waals surface area (Å²) in [6.45, 7) is -0.251. The Labute approximate surface area is 129 Å². The number of nitro groups is 1. The average Bonchev–Trinajstić information content (AvgIpc) is 2.83. The van der Waals surface area contributed by atoms with Crippen molar-refractivity contribution in [3.63, 3.8) is 0 Å². The van der Waals surface area contributed by atoms with Gasteiger partial charge in [0.15, 0.2) is 5.58 Å². The Morgan fingerprint density at radius 2 is 1.96 bits per heavy atom. The van der Waals surface area contributed by atoms with Gasteiger partial charge in [0.25, 0.3) is 5.69 Å². The van der Waals surface area contributed by atoms with Gasteiger partial charge < -0.3 is 9.73 Å². The summed E-state index contributed by atoms with van der Waals surface area (Å²) in [6, 6.07) is 12.6. The fraction of sp³-hybridized carbons (Fsp3) is 0.0667. The summed E-state index contributed by atoms with van der Waals surface area (Å²) in [5, 5.41) is 13.4. The molecule has 0 saturated carbocycles. The van der Waals surface area contributed by atoms with Crippen molar-refractivity contribution in [3.8, 4) is 0 Å². The Hall–Kier alpha value is -3.42. The Morgan fingerprint density at radius 3 is 2.65 bits per heavy atom. The van der Waals surface area contributed by atoms with Gasteiger partial charge in [-0.15, -0.1) is 0 Å². The number of anilines is 1. The van der Waals surface area contributed by atoms with Crippen molar-refractivity contribution in [3.05, 3.63) is 69.2 Å². The van der Waals surface area contributed by atoms with Crippen molar-refractivity contribution in [1.29, 1.82) is 0 Å². The molecule has 1 heterocycles. The van der Waals surface area contributed by atoms with E-state index in [1.807, 2.05) is 6.07 Å². The lowest BCUT2D eigenvalue weighted by atomic mass is 10.3. The van der Waals surface area contributed by atoms with Crippen LogP contribution in [0.1, 0.15) is 0 Å². The zero-order valence-electron chi connectivity index (χ0n) is 11.8. The molecule has 116 valence electrons. The lowest BCUT2D eigenvalue weighted by Gasteiger charge is -2.05. The fourth-order valence-electron chi connectivity index (χ4n) is 2.18. The number of carbonyl (C=O) groups is 1. The van der Waals surface area contributed by atoms with Crippen LogP contribution in [-0.4, -0.2) is 15.4 Å². The molecule has 0 fully saturated rings. The predicted molar refractivity (Wildman–Crippen MR) is 82.2 cm³/mol. The number of hydrogen-bond donors (Lipinski definition) is 1. The minimum atomic E-state index is -0.747. The molecule has 23 heavy (non-hydrogen) atoms. The second kappa shape index (κ2) is 5.76. The number of fused-ring (bicyclic) bond motifs is 1. The van der Waals surface area contributed by atoms with Crippen molar-refractivity contribution in [2.75, 3.05) is 5.32 Å². The number of hydrogen-bond acceptors (Lipinski definition) is 5. The maximum Gasteiger partial charge on any atom is 0.420 e. The summed E-state index contributed by atoms with van der Waals surface area (Å²) in [5.41, 5.74) is 0.807. The standard InChI is InChI=1S/C15H11N3O5/c19-14(16-10-4-2-1-3-5-10)9-17-12-7-6-11(18(21)22)8-13(12)23-15(17)20/h1-8H,9H2,(H,16,19). The van der Waals surface area contributed by atoms with Crippen molar-refractivity contribution in [2.24, 2.45) is 0 Å². The fourth-order valence-corrected chi connectivity index (χ4v) is 2.18. The van der Waals surface area contributed by atoms with E-state index in [1.54, 1.807) is 24.3 Å². The Balaban J connectivity index is 1.88. The van der Waals surface area contributed by atoms with E-state index < -0.39 is 16.6 Å². The van der Waals surface area contributed by atoms with E-state index in [0.29, 0.717) is 11.2 Å². The number of carbonyl (C=O) groups excluding carboxylic acids is 1. The summed E-state index contributed by atoms with van der Waals surface area (Å²) >= 11 is 0. The van der Waals surface area contributed by atoms with E-state index in [1.165, 1.54) is 12.1 Å². The zero-order valence-corrected chi connectivity index (χ0v) is 11.8. The number of oxazole rings is 1. The van der Waals surface area contributed by atoms with Gasteiger partial charge in [0.2, 0.25) is 5.91 Å². The van der Waals surface area contributed by atoms with Crippen LogP contribution in [0.15, 0.2) is 57.7 Å². The molecule has 0 radical (unpaired) electrons. The quantitative estimate of drug-likeness (QED) is 0.586. The number of non-ortho nitro benzene ring substituents is 1. The predicted octanol–water partition coefficient (Wildman–Crippen LogP) is 2.14. The van der Waals surface area contributed by atoms with E-state index >= 15 is 0 Å². The van der Waals surface area contributed by atoms with Crippen LogP contribution in [-0.2, 0) is 11.3 Å². The SMILES string of the molecule is O=C(Cn1c(=O)oc2cc([N+](=O)[O-])ccc21)Nc1ccccc1. The molecule has 0 spiro atoms. The van der Waals surface area contributed by atoms with Gasteiger partial charge in [0.05, 0.1) is 16.5 Å². The summed E-state index contributed by atoms with van der Waals surface area (Å²) in [4.78, 5) is 34.0. The first-order valence-electron chi connectivity index (χ1n) is 6.67. The molecule has 3 rings (SSSR count). The monoisotopic (exact) mass is 313 g/mol. The molecule has 1 amide bonds. The van der Waals surface area contributed by atoms with E-state index in [4.69, 9.17) is 4.42 Å². The summed E-state index contributed by atoms with van der Waals surface area (Å²) in [7, 11) is 0. The van der Waals surface area contributed by atoms with Crippen LogP contribution in [0.2, 0.25) is 0 Å². The Bertz CT molecular complexity index is 943. The number of benzene rings is 2. The molecule has 0 bridgehead atoms. The summed E-state index contributed by atoms with van der Waals surface area (Å²) in [5.74, 6) is -1.15. The molecule has 0 aliphatic carbocycles. The van der Waals surface area contributed by atoms with E-state index in [9.17, 15) is 19.7 Å². The molecule has 1 N–H and O–H groups in total. The summed E-state index contributed by atoms with van der Waals surface area (Å²) in [6.07, 6.45) is 0. The number of para-hydroxylation sites is 1. The van der Waals surface area contributed by atoms with Crippen LogP contribution in [0.4, 0.5) is 11.4 Å². The van der Waals surface area contributed by atoms with Gasteiger partial charge in [0, 0.05) is 11.8 Å². The van der Waals surface area contributed by atoms with E-state index in [-0.39, 0.29) is 17.8 Å². The lowest BCUT2D eigenvalue weighted by molar-refractivity contribution is -0.384. The first-order chi connectivity index (χ1) is 11.0. The maximum absolute atomic E-state index is 12.0. The third-order valence-corrected chi connectivity index (χ3v) is 3.22. The Morgan fingerprint density at radius 1 is 1.22 bits per heavy atom. The van der Waals surface area contributed by atoms with Crippen LogP contribution < -0.4 is 11.1 Å². The third kappa shape index (κ3) is 2.95. The molecular weight excluding hydrogens is 302 g/mol. The molecule has 0 aliphatic rings. The highest BCUT2D eigenvalue weighted by Crippen LogP contribution is 2.20. The van der Waals surface area contributed by atoms with Gasteiger partial charge in [-0.3, -0.25) is 19.5 Å².